The van der Waals surface area contributed by atoms with E-state index in [2.05, 4.69) is 0 Å². The fourth-order valence-electron chi connectivity index (χ4n) is 0.875. The van der Waals surface area contributed by atoms with E-state index in [1.165, 1.54) is 4.90 Å². The third-order valence-corrected chi connectivity index (χ3v) is 1.82. The second kappa shape index (κ2) is 2.76. The molecule has 0 aromatic rings. The molecular formula is C5H7Cl2NO. The lowest BCUT2D eigenvalue weighted by atomic mass is 10.4. The predicted molar refractivity (Wildman–Crippen MR) is 36.4 cm³/mol. The maximum atomic E-state index is 10.8. The Morgan fingerprint density at radius 2 is 2.22 bits per heavy atom. The van der Waals surface area contributed by atoms with Crippen LogP contribution in [0.25, 0.3) is 0 Å². The summed E-state index contributed by atoms with van der Waals surface area (Å²) < 4.78 is 0. The highest BCUT2D eigenvalue weighted by Gasteiger charge is 2.24. The lowest BCUT2D eigenvalue weighted by Gasteiger charge is -2.15. The molecule has 0 N–H and O–H groups in total. The van der Waals surface area contributed by atoms with E-state index in [0.717, 1.165) is 6.42 Å². The molecule has 0 unspecified atom stereocenters. The van der Waals surface area contributed by atoms with E-state index in [9.17, 15) is 4.79 Å². The number of hydrogen-bond donors (Lipinski definition) is 0. The number of likely N-dealkylation sites (tertiary alicyclic amines) is 1. The van der Waals surface area contributed by atoms with E-state index >= 15 is 0 Å². The van der Waals surface area contributed by atoms with Crippen molar-refractivity contribution in [1.82, 2.24) is 4.90 Å². The van der Waals surface area contributed by atoms with Crippen molar-refractivity contribution >= 4 is 29.1 Å². The molecule has 0 saturated carbocycles. The van der Waals surface area contributed by atoms with Crippen LogP contribution in [0, 0.1) is 0 Å². The summed E-state index contributed by atoms with van der Waals surface area (Å²) in [4.78, 5) is 11.6. The lowest BCUT2D eigenvalue weighted by Crippen LogP contribution is -2.28. The van der Waals surface area contributed by atoms with E-state index in [0.29, 0.717) is 13.0 Å². The Labute approximate surface area is 63.7 Å². The van der Waals surface area contributed by atoms with Crippen LogP contribution < -0.4 is 0 Å². The molecule has 0 aromatic carbocycles. The second-order valence-corrected chi connectivity index (χ2v) is 3.02. The molecule has 0 atom stereocenters. The molecule has 4 heteroatoms. The van der Waals surface area contributed by atoms with Crippen molar-refractivity contribution in [1.29, 1.82) is 0 Å². The quantitative estimate of drug-likeness (QED) is 0.427. The summed E-state index contributed by atoms with van der Waals surface area (Å²) in [6.07, 6.45) is 1.48. The molecule has 9 heavy (non-hydrogen) atoms. The zero-order valence-corrected chi connectivity index (χ0v) is 6.32. The number of carbonyl (C=O) groups is 1. The molecule has 2 nitrogen and oxygen atoms in total. The molecule has 0 aromatic heterocycles. The summed E-state index contributed by atoms with van der Waals surface area (Å²) in [6, 6.07) is 0. The summed E-state index contributed by atoms with van der Waals surface area (Å²) in [6.45, 7) is 0.705. The molecule has 1 fully saturated rings. The first kappa shape index (κ1) is 7.16. The molecule has 0 bridgehead atoms. The van der Waals surface area contributed by atoms with Crippen LogP contribution >= 0.6 is 23.2 Å². The first-order chi connectivity index (χ1) is 4.22. The van der Waals surface area contributed by atoms with E-state index in [4.69, 9.17) is 23.2 Å². The Kier molecular flexibility index (Phi) is 2.19. The van der Waals surface area contributed by atoms with Gasteiger partial charge < -0.3 is 4.90 Å². The zero-order chi connectivity index (χ0) is 6.85. The maximum absolute atomic E-state index is 10.8. The van der Waals surface area contributed by atoms with Gasteiger partial charge in [0.1, 0.15) is 0 Å². The highest BCUT2D eigenvalue weighted by Crippen LogP contribution is 2.17. The number of amides is 1. The number of carbonyl (C=O) groups excluding carboxylic acids is 1. The Bertz CT molecular complexity index is 126. The Morgan fingerprint density at radius 1 is 1.56 bits per heavy atom. The van der Waals surface area contributed by atoms with Gasteiger partial charge in [-0.1, -0.05) is 23.2 Å². The molecule has 0 radical (unpaired) electrons. The molecule has 0 aliphatic carbocycles. The third-order valence-electron chi connectivity index (χ3n) is 1.35. The summed E-state index contributed by atoms with van der Waals surface area (Å²) in [7, 11) is 0. The second-order valence-electron chi connectivity index (χ2n) is 1.97. The van der Waals surface area contributed by atoms with Crippen molar-refractivity contribution in [3.8, 4) is 0 Å². The van der Waals surface area contributed by atoms with Crippen LogP contribution in [-0.4, -0.2) is 22.3 Å². The summed E-state index contributed by atoms with van der Waals surface area (Å²) in [5.74, 6) is 0.0602. The van der Waals surface area contributed by atoms with E-state index in [1.807, 2.05) is 0 Å². The van der Waals surface area contributed by atoms with Gasteiger partial charge in [0.25, 0.3) is 0 Å². The average molecular weight is 168 g/mol. The largest absolute Gasteiger partial charge is 0.313 e. The van der Waals surface area contributed by atoms with Crippen molar-refractivity contribution in [3.05, 3.63) is 0 Å². The minimum Gasteiger partial charge on any atom is -0.313 e. The summed E-state index contributed by atoms with van der Waals surface area (Å²) in [5, 5.41) is 0. The molecule has 1 saturated heterocycles. The van der Waals surface area contributed by atoms with Crippen LogP contribution in [0.4, 0.5) is 0 Å². The number of nitrogens with zero attached hydrogens (tertiary/aromatic N) is 1. The van der Waals surface area contributed by atoms with Crippen LogP contribution in [0.3, 0.4) is 0 Å². The molecule has 1 aliphatic heterocycles. The van der Waals surface area contributed by atoms with Gasteiger partial charge in [0.2, 0.25) is 5.91 Å². The van der Waals surface area contributed by atoms with Crippen molar-refractivity contribution in [2.45, 2.75) is 17.8 Å². The van der Waals surface area contributed by atoms with Gasteiger partial charge in [-0.3, -0.25) is 4.79 Å². The lowest BCUT2D eigenvalue weighted by molar-refractivity contribution is -0.127. The van der Waals surface area contributed by atoms with Gasteiger partial charge in [-0.2, -0.15) is 0 Å². The third kappa shape index (κ3) is 1.49. The van der Waals surface area contributed by atoms with Gasteiger partial charge in [0.05, 0.1) is 0 Å². The smallest absolute Gasteiger partial charge is 0.224 e. The molecule has 1 heterocycles. The Morgan fingerprint density at radius 3 is 2.44 bits per heavy atom. The summed E-state index contributed by atoms with van der Waals surface area (Å²) >= 11 is 10.9. The monoisotopic (exact) mass is 167 g/mol. The highest BCUT2D eigenvalue weighted by atomic mass is 35.5. The van der Waals surface area contributed by atoms with Crippen LogP contribution in [-0.2, 0) is 4.79 Å². The van der Waals surface area contributed by atoms with Gasteiger partial charge >= 0.3 is 0 Å². The number of halogens is 2. The molecule has 1 aliphatic rings. The van der Waals surface area contributed by atoms with Crippen molar-refractivity contribution in [3.63, 3.8) is 0 Å². The van der Waals surface area contributed by atoms with Gasteiger partial charge in [-0.15, -0.1) is 0 Å². The minimum absolute atomic E-state index is 0.0602. The fourth-order valence-corrected chi connectivity index (χ4v) is 1.29. The molecule has 52 valence electrons. The number of rotatable bonds is 1. The van der Waals surface area contributed by atoms with Crippen LogP contribution in [0.2, 0.25) is 0 Å². The normalized spacial score (nSPS) is 19.9. The van der Waals surface area contributed by atoms with Crippen LogP contribution in [0.15, 0.2) is 0 Å². The van der Waals surface area contributed by atoms with Gasteiger partial charge in [-0.25, -0.2) is 0 Å². The minimum atomic E-state index is -0.653. The molecule has 1 amide bonds. The molecule has 0 spiro atoms. The topological polar surface area (TPSA) is 20.3 Å². The van der Waals surface area contributed by atoms with Gasteiger partial charge in [0.15, 0.2) is 4.96 Å². The van der Waals surface area contributed by atoms with Crippen molar-refractivity contribution in [2.24, 2.45) is 0 Å². The fraction of sp³-hybridized carbons (Fsp3) is 0.800. The average Bonchev–Trinajstić information content (AvgIpc) is 2.13. The van der Waals surface area contributed by atoms with Crippen LogP contribution in [0.5, 0.6) is 0 Å². The Hall–Kier alpha value is 0.0500. The van der Waals surface area contributed by atoms with E-state index < -0.39 is 4.96 Å². The maximum Gasteiger partial charge on any atom is 0.224 e. The standard InChI is InChI=1S/C5H7Cl2NO/c6-5(7)8-3-1-2-4(8)9/h5H,1-3H2. The van der Waals surface area contributed by atoms with Crippen molar-refractivity contribution < 1.29 is 4.79 Å². The zero-order valence-electron chi connectivity index (χ0n) is 4.81. The van der Waals surface area contributed by atoms with Gasteiger partial charge in [-0.05, 0) is 6.42 Å². The van der Waals surface area contributed by atoms with Gasteiger partial charge in [0, 0.05) is 13.0 Å². The summed E-state index contributed by atoms with van der Waals surface area (Å²) in [5.41, 5.74) is 0. The van der Waals surface area contributed by atoms with Crippen LogP contribution in [0.1, 0.15) is 12.8 Å². The first-order valence-electron chi connectivity index (χ1n) is 2.79. The molecule has 1 rings (SSSR count). The van der Waals surface area contributed by atoms with E-state index in [-0.39, 0.29) is 5.91 Å². The molecular weight excluding hydrogens is 161 g/mol. The number of alkyl halides is 2. The highest BCUT2D eigenvalue weighted by molar-refractivity contribution is 6.44. The van der Waals surface area contributed by atoms with E-state index in [1.54, 1.807) is 0 Å². The first-order valence-corrected chi connectivity index (χ1v) is 3.67. The SMILES string of the molecule is O=C1CCCN1C(Cl)Cl. The van der Waals surface area contributed by atoms with Crippen molar-refractivity contribution in [2.75, 3.05) is 6.54 Å². The number of hydrogen-bond acceptors (Lipinski definition) is 1. The predicted octanol–water partition coefficient (Wildman–Crippen LogP) is 1.37. The Balaban J connectivity index is 2.49.